The van der Waals surface area contributed by atoms with Gasteiger partial charge in [-0.1, -0.05) is 11.8 Å². The Morgan fingerprint density at radius 3 is 2.75 bits per heavy atom. The molecule has 6 nitrogen and oxygen atoms in total. The minimum Gasteiger partial charge on any atom is -0.384 e. The van der Waals surface area contributed by atoms with Gasteiger partial charge >= 0.3 is 0 Å². The highest BCUT2D eigenvalue weighted by Gasteiger charge is 2.06. The molecule has 0 spiro atoms. The lowest BCUT2D eigenvalue weighted by Crippen LogP contribution is -2.23. The van der Waals surface area contributed by atoms with Crippen LogP contribution in [0.25, 0.3) is 0 Å². The Bertz CT molecular complexity index is 650. The van der Waals surface area contributed by atoms with E-state index in [2.05, 4.69) is 27.2 Å². The maximum Gasteiger partial charge on any atom is 0.251 e. The third kappa shape index (κ3) is 3.67. The summed E-state index contributed by atoms with van der Waals surface area (Å²) in [6, 6.07) is 6.83. The van der Waals surface area contributed by atoms with Gasteiger partial charge in [0.25, 0.3) is 5.91 Å². The molecule has 0 unspecified atom stereocenters. The summed E-state index contributed by atoms with van der Waals surface area (Å²) in [6.45, 7) is 0.102. The first-order valence-electron chi connectivity index (χ1n) is 6.01. The molecular formula is C14H14N4O2. The fourth-order valence-corrected chi connectivity index (χ4v) is 1.57. The molecule has 1 amide bonds. The van der Waals surface area contributed by atoms with Crippen molar-refractivity contribution >= 4 is 5.91 Å². The molecule has 0 aliphatic carbocycles. The van der Waals surface area contributed by atoms with E-state index in [0.717, 1.165) is 5.56 Å². The van der Waals surface area contributed by atoms with Crippen LogP contribution in [0.3, 0.4) is 0 Å². The average Bonchev–Trinajstić information content (AvgIpc) is 2.89. The smallest absolute Gasteiger partial charge is 0.251 e. The number of amides is 1. The molecule has 2 aromatic rings. The van der Waals surface area contributed by atoms with Crippen molar-refractivity contribution in [2.45, 2.75) is 6.54 Å². The van der Waals surface area contributed by atoms with Crippen molar-refractivity contribution in [2.24, 2.45) is 7.05 Å². The van der Waals surface area contributed by atoms with Crippen molar-refractivity contribution in [1.29, 1.82) is 0 Å². The summed E-state index contributed by atoms with van der Waals surface area (Å²) in [4.78, 5) is 15.9. The molecule has 6 heteroatoms. The van der Waals surface area contributed by atoms with Gasteiger partial charge in [0.1, 0.15) is 12.9 Å². The number of aliphatic hydroxyl groups excluding tert-OH is 1. The van der Waals surface area contributed by atoms with Crippen LogP contribution in [0.5, 0.6) is 0 Å². The summed E-state index contributed by atoms with van der Waals surface area (Å²) in [5.74, 6) is 5.68. The Kier molecular flexibility index (Phi) is 4.47. The monoisotopic (exact) mass is 270 g/mol. The quantitative estimate of drug-likeness (QED) is 0.775. The molecule has 1 aromatic carbocycles. The lowest BCUT2D eigenvalue weighted by Gasteiger charge is -2.02. The van der Waals surface area contributed by atoms with Gasteiger partial charge in [0.15, 0.2) is 5.82 Å². The zero-order chi connectivity index (χ0) is 14.4. The molecule has 0 radical (unpaired) electrons. The lowest BCUT2D eigenvalue weighted by atomic mass is 10.1. The molecule has 0 aliphatic rings. The van der Waals surface area contributed by atoms with E-state index >= 15 is 0 Å². The van der Waals surface area contributed by atoms with Gasteiger partial charge in [-0.2, -0.15) is 5.10 Å². The van der Waals surface area contributed by atoms with Crippen LogP contribution < -0.4 is 5.32 Å². The second-order valence-corrected chi connectivity index (χ2v) is 4.05. The molecule has 2 rings (SSSR count). The first kappa shape index (κ1) is 13.8. The Balaban J connectivity index is 1.95. The SMILES string of the molecule is Cn1cnc(CNC(=O)c2ccc(C#CCO)cc2)n1. The number of aromatic nitrogens is 3. The van der Waals surface area contributed by atoms with Crippen LogP contribution in [0.2, 0.25) is 0 Å². The Labute approximate surface area is 116 Å². The second kappa shape index (κ2) is 6.50. The van der Waals surface area contributed by atoms with Gasteiger partial charge in [-0.3, -0.25) is 9.48 Å². The number of hydrogen-bond acceptors (Lipinski definition) is 4. The predicted molar refractivity (Wildman–Crippen MR) is 72.6 cm³/mol. The van der Waals surface area contributed by atoms with E-state index in [-0.39, 0.29) is 19.1 Å². The zero-order valence-electron chi connectivity index (χ0n) is 11.0. The molecule has 0 saturated heterocycles. The van der Waals surface area contributed by atoms with E-state index < -0.39 is 0 Å². The van der Waals surface area contributed by atoms with Crippen molar-refractivity contribution in [2.75, 3.05) is 6.61 Å². The average molecular weight is 270 g/mol. The van der Waals surface area contributed by atoms with Crippen LogP contribution >= 0.6 is 0 Å². The van der Waals surface area contributed by atoms with Crippen LogP contribution in [0.15, 0.2) is 30.6 Å². The fourth-order valence-electron chi connectivity index (χ4n) is 1.57. The van der Waals surface area contributed by atoms with E-state index in [1.54, 1.807) is 42.3 Å². The molecule has 0 fully saturated rings. The molecule has 0 aliphatic heterocycles. The number of hydrogen-bond donors (Lipinski definition) is 2. The maximum atomic E-state index is 11.9. The number of aliphatic hydroxyl groups is 1. The third-order valence-corrected chi connectivity index (χ3v) is 2.51. The second-order valence-electron chi connectivity index (χ2n) is 4.05. The van der Waals surface area contributed by atoms with Crippen molar-refractivity contribution in [3.05, 3.63) is 47.5 Å². The molecule has 0 bridgehead atoms. The number of carbonyl (C=O) groups excluding carboxylic acids is 1. The van der Waals surface area contributed by atoms with Gasteiger partial charge in [0.05, 0.1) is 6.54 Å². The fraction of sp³-hybridized carbons (Fsp3) is 0.214. The van der Waals surface area contributed by atoms with E-state index in [1.807, 2.05) is 0 Å². The topological polar surface area (TPSA) is 80.0 Å². The van der Waals surface area contributed by atoms with Gasteiger partial charge in [-0.15, -0.1) is 0 Å². The highest BCUT2D eigenvalue weighted by molar-refractivity contribution is 5.94. The van der Waals surface area contributed by atoms with Gasteiger partial charge in [-0.05, 0) is 24.3 Å². The molecule has 1 aromatic heterocycles. The van der Waals surface area contributed by atoms with E-state index in [0.29, 0.717) is 11.4 Å². The third-order valence-electron chi connectivity index (χ3n) is 2.51. The lowest BCUT2D eigenvalue weighted by molar-refractivity contribution is 0.0950. The molecule has 20 heavy (non-hydrogen) atoms. The predicted octanol–water partition coefficient (Wildman–Crippen LogP) is 0.0889. The maximum absolute atomic E-state index is 11.9. The first-order chi connectivity index (χ1) is 9.69. The number of rotatable bonds is 3. The largest absolute Gasteiger partial charge is 0.384 e. The summed E-state index contributed by atoms with van der Waals surface area (Å²) in [7, 11) is 1.77. The number of nitrogens with zero attached hydrogens (tertiary/aromatic N) is 3. The summed E-state index contributed by atoms with van der Waals surface area (Å²) >= 11 is 0. The van der Waals surface area contributed by atoms with Crippen LogP contribution in [0.4, 0.5) is 0 Å². The molecule has 1 heterocycles. The normalized spacial score (nSPS) is 9.70. The summed E-state index contributed by atoms with van der Waals surface area (Å²) in [5, 5.41) is 15.4. The summed E-state index contributed by atoms with van der Waals surface area (Å²) < 4.78 is 1.58. The minimum absolute atomic E-state index is 0.181. The molecule has 0 atom stereocenters. The molecular weight excluding hydrogens is 256 g/mol. The number of nitrogens with one attached hydrogen (secondary N) is 1. The van der Waals surface area contributed by atoms with Crippen LogP contribution in [0, 0.1) is 11.8 Å². The van der Waals surface area contributed by atoms with Crippen molar-refractivity contribution in [1.82, 2.24) is 20.1 Å². The highest BCUT2D eigenvalue weighted by Crippen LogP contribution is 2.03. The van der Waals surface area contributed by atoms with Gasteiger partial charge < -0.3 is 10.4 Å². The Morgan fingerprint density at radius 1 is 1.40 bits per heavy atom. The molecule has 102 valence electrons. The zero-order valence-corrected chi connectivity index (χ0v) is 11.0. The van der Waals surface area contributed by atoms with Crippen molar-refractivity contribution in [3.63, 3.8) is 0 Å². The molecule has 0 saturated carbocycles. The Morgan fingerprint density at radius 2 is 2.15 bits per heavy atom. The van der Waals surface area contributed by atoms with Crippen molar-refractivity contribution in [3.8, 4) is 11.8 Å². The van der Waals surface area contributed by atoms with Gasteiger partial charge in [-0.25, -0.2) is 4.98 Å². The minimum atomic E-state index is -0.195. The standard InChI is InChI=1S/C14H14N4O2/c1-18-10-16-13(17-18)9-15-14(20)12-6-4-11(5-7-12)3-2-8-19/h4-7,10,19H,8-9H2,1H3,(H,15,20). The van der Waals surface area contributed by atoms with E-state index in [4.69, 9.17) is 5.11 Å². The van der Waals surface area contributed by atoms with Gasteiger partial charge in [0.2, 0.25) is 0 Å². The van der Waals surface area contributed by atoms with Crippen LogP contribution in [-0.4, -0.2) is 32.4 Å². The van der Waals surface area contributed by atoms with E-state index in [9.17, 15) is 4.79 Å². The first-order valence-corrected chi connectivity index (χ1v) is 6.01. The van der Waals surface area contributed by atoms with Crippen LogP contribution in [-0.2, 0) is 13.6 Å². The van der Waals surface area contributed by atoms with E-state index in [1.165, 1.54) is 0 Å². The number of carbonyl (C=O) groups is 1. The number of aryl methyl sites for hydroxylation is 1. The highest BCUT2D eigenvalue weighted by atomic mass is 16.2. The van der Waals surface area contributed by atoms with Gasteiger partial charge in [0, 0.05) is 18.2 Å². The summed E-state index contributed by atoms with van der Waals surface area (Å²) in [5.41, 5.74) is 1.29. The molecule has 2 N–H and O–H groups in total. The summed E-state index contributed by atoms with van der Waals surface area (Å²) in [6.07, 6.45) is 1.58. The van der Waals surface area contributed by atoms with Crippen molar-refractivity contribution < 1.29 is 9.90 Å². The Hall–Kier alpha value is -2.65. The number of benzene rings is 1. The van der Waals surface area contributed by atoms with Crippen LogP contribution in [0.1, 0.15) is 21.7 Å².